The fraction of sp³-hybridized carbons (Fsp3) is 0.233. The van der Waals surface area contributed by atoms with E-state index in [4.69, 9.17) is 0 Å². The van der Waals surface area contributed by atoms with Crippen molar-refractivity contribution in [2.45, 2.75) is 90.9 Å². The maximum absolute atomic E-state index is 2.54. The summed E-state index contributed by atoms with van der Waals surface area (Å²) < 4.78 is 2.85. The number of hydrogen-bond acceptors (Lipinski definition) is 2. The lowest BCUT2D eigenvalue weighted by atomic mass is 9.79. The fourth-order valence-corrected chi connectivity index (χ4v) is 12.7. The number of rotatable bonds is 4. The minimum Gasteiger partial charge on any atom is -0.310 e. The Morgan fingerprint density at radius 2 is 1.10 bits per heavy atom. The van der Waals surface area contributed by atoms with Crippen LogP contribution in [0.5, 0.6) is 0 Å². The molecule has 11 rings (SSSR count). The second-order valence-electron chi connectivity index (χ2n) is 21.0. The first-order chi connectivity index (χ1) is 29.5. The smallest absolute Gasteiger partial charge is 0.0543 e. The first-order valence-electron chi connectivity index (χ1n) is 22.3. The Bertz CT molecular complexity index is 3300. The van der Waals surface area contributed by atoms with E-state index in [2.05, 4.69) is 226 Å². The van der Waals surface area contributed by atoms with Crippen molar-refractivity contribution in [1.82, 2.24) is 0 Å². The third-order valence-corrected chi connectivity index (χ3v) is 15.6. The van der Waals surface area contributed by atoms with Gasteiger partial charge in [-0.2, -0.15) is 0 Å². The van der Waals surface area contributed by atoms with Crippen LogP contribution in [0.4, 0.5) is 17.1 Å². The van der Waals surface area contributed by atoms with Crippen molar-refractivity contribution in [3.8, 4) is 33.4 Å². The van der Waals surface area contributed by atoms with Crippen molar-refractivity contribution >= 4 is 59.3 Å². The number of hydrogen-bond donors (Lipinski definition) is 0. The third kappa shape index (κ3) is 5.65. The molecule has 0 atom stereocenters. The van der Waals surface area contributed by atoms with Gasteiger partial charge in [0.25, 0.3) is 0 Å². The zero-order valence-corrected chi connectivity index (χ0v) is 38.6. The average Bonchev–Trinajstić information content (AvgIpc) is 3.82. The standard InChI is InChI=1S/C60H55NS/c1-57(2,3)38-33-47-45-31-32-46-53-49(60(9,10)54(46)56(45)62-55(47)51(34-38)58(4,5)6)23-16-24-52(53)61(40-29-30-44-43-20-13-14-22-48(43)59(7,8)50(44)35-40)39-27-25-37(26-28-39)42-21-15-18-36-17-11-12-19-41(36)42/h11-35H,1-10H3. The van der Waals surface area contributed by atoms with Crippen molar-refractivity contribution in [3.63, 3.8) is 0 Å². The number of benzene rings is 8. The third-order valence-electron chi connectivity index (χ3n) is 14.3. The first-order valence-corrected chi connectivity index (χ1v) is 23.2. The molecule has 0 unspecified atom stereocenters. The Labute approximate surface area is 371 Å². The lowest BCUT2D eigenvalue weighted by molar-refractivity contribution is 0.573. The molecule has 0 aliphatic heterocycles. The summed E-state index contributed by atoms with van der Waals surface area (Å²) in [5, 5.41) is 5.31. The van der Waals surface area contributed by atoms with Crippen LogP contribution in [0, 0.1) is 0 Å². The van der Waals surface area contributed by atoms with Gasteiger partial charge >= 0.3 is 0 Å². The molecule has 0 fully saturated rings. The van der Waals surface area contributed by atoms with Crippen molar-refractivity contribution < 1.29 is 0 Å². The van der Waals surface area contributed by atoms with Crippen molar-refractivity contribution in [3.05, 3.63) is 185 Å². The molecule has 2 heteroatoms. The monoisotopic (exact) mass is 821 g/mol. The average molecular weight is 822 g/mol. The first kappa shape index (κ1) is 38.9. The summed E-state index contributed by atoms with van der Waals surface area (Å²) in [5.74, 6) is 0. The molecule has 0 spiro atoms. The normalized spacial score (nSPS) is 14.9. The Morgan fingerprint density at radius 1 is 0.452 bits per heavy atom. The van der Waals surface area contributed by atoms with Gasteiger partial charge in [0, 0.05) is 47.9 Å². The lowest BCUT2D eigenvalue weighted by Gasteiger charge is -2.30. The van der Waals surface area contributed by atoms with Gasteiger partial charge < -0.3 is 4.90 Å². The maximum Gasteiger partial charge on any atom is 0.0543 e. The van der Waals surface area contributed by atoms with Crippen LogP contribution >= 0.6 is 11.3 Å². The van der Waals surface area contributed by atoms with E-state index in [1.807, 2.05) is 11.3 Å². The van der Waals surface area contributed by atoms with E-state index < -0.39 is 0 Å². The Hall–Kier alpha value is -5.96. The van der Waals surface area contributed by atoms with E-state index >= 15 is 0 Å². The fourth-order valence-electron chi connectivity index (χ4n) is 11.0. The van der Waals surface area contributed by atoms with Gasteiger partial charge in [0.1, 0.15) is 0 Å². The van der Waals surface area contributed by atoms with E-state index in [0.717, 1.165) is 5.69 Å². The summed E-state index contributed by atoms with van der Waals surface area (Å²) in [4.78, 5) is 2.54. The van der Waals surface area contributed by atoms with Crippen LogP contribution in [0.2, 0.25) is 0 Å². The van der Waals surface area contributed by atoms with E-state index in [9.17, 15) is 0 Å². The topological polar surface area (TPSA) is 3.24 Å². The summed E-state index contributed by atoms with van der Waals surface area (Å²) in [6.07, 6.45) is 0. The predicted octanol–water partition coefficient (Wildman–Crippen LogP) is 17.6. The van der Waals surface area contributed by atoms with E-state index in [1.54, 1.807) is 0 Å². The molecular weight excluding hydrogens is 767 g/mol. The van der Waals surface area contributed by atoms with Crippen molar-refractivity contribution in [1.29, 1.82) is 0 Å². The Morgan fingerprint density at radius 3 is 1.87 bits per heavy atom. The molecule has 1 heterocycles. The maximum atomic E-state index is 2.54. The molecule has 0 amide bonds. The number of anilines is 3. The van der Waals surface area contributed by atoms with Gasteiger partial charge in [-0.1, -0.05) is 184 Å². The summed E-state index contributed by atoms with van der Waals surface area (Å²) >= 11 is 2.01. The molecule has 0 saturated heterocycles. The highest BCUT2D eigenvalue weighted by Gasteiger charge is 2.41. The SMILES string of the molecule is CC(C)(C)c1cc(C(C)(C)C)c2sc3c4c(ccc3c2c1)-c1c(N(c2ccc(-c3cccc5ccccc35)cc2)c2ccc3c(c2)C(C)(C)c2ccccc2-3)cccc1C4(C)C. The van der Waals surface area contributed by atoms with Crippen molar-refractivity contribution in [2.75, 3.05) is 4.90 Å². The largest absolute Gasteiger partial charge is 0.310 e. The summed E-state index contributed by atoms with van der Waals surface area (Å²) in [7, 11) is 0. The molecular formula is C60H55NS. The van der Waals surface area contributed by atoms with Crippen LogP contribution in [0.15, 0.2) is 152 Å². The molecule has 0 radical (unpaired) electrons. The van der Waals surface area contributed by atoms with Gasteiger partial charge in [0.2, 0.25) is 0 Å². The lowest BCUT2D eigenvalue weighted by Crippen LogP contribution is -2.17. The van der Waals surface area contributed by atoms with Crippen LogP contribution in [-0.2, 0) is 21.7 Å². The molecule has 2 aliphatic carbocycles. The minimum absolute atomic E-state index is 0.0185. The summed E-state index contributed by atoms with van der Waals surface area (Å²) in [5.41, 5.74) is 19.6. The highest BCUT2D eigenvalue weighted by molar-refractivity contribution is 7.26. The number of nitrogens with zero attached hydrogens (tertiary/aromatic N) is 1. The Kier molecular flexibility index (Phi) is 8.33. The Balaban J connectivity index is 1.14. The van der Waals surface area contributed by atoms with Crippen LogP contribution in [-0.4, -0.2) is 0 Å². The summed E-state index contributed by atoms with van der Waals surface area (Å²) in [6.45, 7) is 23.8. The van der Waals surface area contributed by atoms with Gasteiger partial charge in [-0.15, -0.1) is 11.3 Å². The number of thiophene rings is 1. The highest BCUT2D eigenvalue weighted by Crippen LogP contribution is 2.59. The van der Waals surface area contributed by atoms with Crippen LogP contribution in [0.1, 0.15) is 103 Å². The van der Waals surface area contributed by atoms with Gasteiger partial charge in [-0.25, -0.2) is 0 Å². The van der Waals surface area contributed by atoms with Gasteiger partial charge in [-0.05, 0) is 119 Å². The quantitative estimate of drug-likeness (QED) is 0.171. The molecule has 0 N–H and O–H groups in total. The molecule has 2 aliphatic rings. The van der Waals surface area contributed by atoms with E-state index in [1.165, 1.54) is 109 Å². The van der Waals surface area contributed by atoms with Gasteiger partial charge in [0.15, 0.2) is 0 Å². The van der Waals surface area contributed by atoms with Crippen LogP contribution in [0.25, 0.3) is 64.3 Å². The molecule has 0 bridgehead atoms. The van der Waals surface area contributed by atoms with Crippen LogP contribution in [0.3, 0.4) is 0 Å². The molecule has 1 aromatic heterocycles. The van der Waals surface area contributed by atoms with E-state index in [0.29, 0.717) is 0 Å². The second kappa shape index (κ2) is 13.3. The molecule has 9 aromatic rings. The van der Waals surface area contributed by atoms with Gasteiger partial charge in [0.05, 0.1) is 5.69 Å². The zero-order valence-electron chi connectivity index (χ0n) is 37.8. The molecule has 0 saturated carbocycles. The van der Waals surface area contributed by atoms with Crippen molar-refractivity contribution in [2.24, 2.45) is 0 Å². The molecule has 62 heavy (non-hydrogen) atoms. The second-order valence-corrected chi connectivity index (χ2v) is 22.0. The van der Waals surface area contributed by atoms with Gasteiger partial charge in [-0.3, -0.25) is 0 Å². The minimum atomic E-state index is -0.207. The van der Waals surface area contributed by atoms with Crippen LogP contribution < -0.4 is 4.90 Å². The molecule has 306 valence electrons. The number of fused-ring (bicyclic) bond motifs is 11. The molecule has 1 nitrogen and oxygen atoms in total. The summed E-state index contributed by atoms with van der Waals surface area (Å²) in [6, 6.07) is 57.7. The van der Waals surface area contributed by atoms with E-state index in [-0.39, 0.29) is 21.7 Å². The molecule has 8 aromatic carbocycles. The predicted molar refractivity (Wildman–Crippen MR) is 269 cm³/mol. The highest BCUT2D eigenvalue weighted by atomic mass is 32.1. The zero-order chi connectivity index (χ0) is 43.1.